The highest BCUT2D eigenvalue weighted by Crippen LogP contribution is 2.31. The Morgan fingerprint density at radius 1 is 0.972 bits per heavy atom. The van der Waals surface area contributed by atoms with E-state index in [-0.39, 0.29) is 18.2 Å². The van der Waals surface area contributed by atoms with Crippen molar-refractivity contribution in [1.29, 1.82) is 0 Å². The van der Waals surface area contributed by atoms with E-state index in [2.05, 4.69) is 24.1 Å². The van der Waals surface area contributed by atoms with Crippen molar-refractivity contribution in [3.63, 3.8) is 0 Å². The predicted molar refractivity (Wildman–Crippen MR) is 147 cm³/mol. The average molecular weight is 504 g/mol. The van der Waals surface area contributed by atoms with Crippen LogP contribution in [0.2, 0.25) is 5.02 Å². The van der Waals surface area contributed by atoms with E-state index >= 15 is 0 Å². The Kier molecular flexibility index (Phi) is 7.65. The zero-order valence-electron chi connectivity index (χ0n) is 21.0. The summed E-state index contributed by atoms with van der Waals surface area (Å²) in [7, 11) is 1.60. The highest BCUT2D eigenvalue weighted by Gasteiger charge is 2.22. The van der Waals surface area contributed by atoms with Gasteiger partial charge in [-0.1, -0.05) is 11.6 Å². The van der Waals surface area contributed by atoms with Crippen molar-refractivity contribution in [3.05, 3.63) is 88.6 Å². The third-order valence-corrected chi connectivity index (χ3v) is 6.71. The van der Waals surface area contributed by atoms with Crippen LogP contribution in [0.15, 0.2) is 66.7 Å². The van der Waals surface area contributed by atoms with Crippen molar-refractivity contribution in [1.82, 2.24) is 4.57 Å². The average Bonchev–Trinajstić information content (AvgIpc) is 3.16. The van der Waals surface area contributed by atoms with Crippen molar-refractivity contribution >= 4 is 45.7 Å². The molecule has 4 rings (SSSR count). The number of carbonyl (C=O) groups is 2. The number of nitrogens with one attached hydrogen (secondary N) is 1. The Balaban J connectivity index is 1.65. The molecule has 7 heteroatoms. The SMILES string of the molecule is CCN(CC)c1ccc(NC(=O)Cc2c(C)n(C(=O)c3ccc(Cl)cc3)c3ccc(OC)cc23)cc1. The van der Waals surface area contributed by atoms with Crippen molar-refractivity contribution in [3.8, 4) is 5.75 Å². The van der Waals surface area contributed by atoms with Gasteiger partial charge in [0.1, 0.15) is 5.75 Å². The molecule has 1 N–H and O–H groups in total. The number of fused-ring (bicyclic) bond motifs is 1. The minimum Gasteiger partial charge on any atom is -0.497 e. The second-order valence-corrected chi connectivity index (χ2v) is 8.98. The number of amides is 1. The molecule has 0 fully saturated rings. The molecule has 0 aliphatic heterocycles. The van der Waals surface area contributed by atoms with Crippen LogP contribution >= 0.6 is 11.6 Å². The predicted octanol–water partition coefficient (Wildman–Crippen LogP) is 6.33. The Morgan fingerprint density at radius 2 is 1.64 bits per heavy atom. The van der Waals surface area contributed by atoms with Gasteiger partial charge in [0, 0.05) is 46.1 Å². The molecule has 3 aromatic carbocycles. The Bertz CT molecular complexity index is 1390. The number of ether oxygens (including phenoxy) is 1. The number of anilines is 2. The minimum absolute atomic E-state index is 0.119. The van der Waals surface area contributed by atoms with E-state index in [0.29, 0.717) is 22.0 Å². The number of hydrogen-bond acceptors (Lipinski definition) is 4. The molecule has 186 valence electrons. The smallest absolute Gasteiger partial charge is 0.262 e. The number of aromatic nitrogens is 1. The molecule has 1 aromatic heterocycles. The highest BCUT2D eigenvalue weighted by atomic mass is 35.5. The van der Waals surface area contributed by atoms with Crippen LogP contribution in [-0.4, -0.2) is 36.6 Å². The van der Waals surface area contributed by atoms with E-state index in [1.807, 2.05) is 49.4 Å². The first-order chi connectivity index (χ1) is 17.4. The van der Waals surface area contributed by atoms with Crippen molar-refractivity contribution in [2.75, 3.05) is 30.4 Å². The van der Waals surface area contributed by atoms with E-state index in [9.17, 15) is 9.59 Å². The first kappa shape index (κ1) is 25.3. The van der Waals surface area contributed by atoms with Crippen LogP contribution in [0.3, 0.4) is 0 Å². The van der Waals surface area contributed by atoms with Gasteiger partial charge >= 0.3 is 0 Å². The molecule has 0 unspecified atom stereocenters. The fraction of sp³-hybridized carbons (Fsp3) is 0.241. The molecule has 0 bridgehead atoms. The standard InChI is InChI=1S/C29H30ClN3O3/c1-5-32(6-2)23-13-11-22(12-14-23)31-28(34)18-25-19(3)33(27-16-15-24(36-4)17-26(25)27)29(35)20-7-9-21(30)10-8-20/h7-17H,5-6,18H2,1-4H3,(H,31,34). The summed E-state index contributed by atoms with van der Waals surface area (Å²) >= 11 is 6.01. The van der Waals surface area contributed by atoms with E-state index in [4.69, 9.17) is 16.3 Å². The molecule has 1 amide bonds. The molecule has 0 aliphatic carbocycles. The summed E-state index contributed by atoms with van der Waals surface area (Å²) < 4.78 is 7.07. The zero-order valence-corrected chi connectivity index (χ0v) is 21.7. The number of methoxy groups -OCH3 is 1. The number of nitrogens with zero attached hydrogens (tertiary/aromatic N) is 2. The number of rotatable bonds is 8. The zero-order chi connectivity index (χ0) is 25.8. The number of halogens is 1. The molecule has 0 spiro atoms. The van der Waals surface area contributed by atoms with Crippen LogP contribution < -0.4 is 15.0 Å². The van der Waals surface area contributed by atoms with Gasteiger partial charge < -0.3 is 15.0 Å². The minimum atomic E-state index is -0.182. The quantitative estimate of drug-likeness (QED) is 0.305. The van der Waals surface area contributed by atoms with Gasteiger partial charge in [-0.25, -0.2) is 0 Å². The topological polar surface area (TPSA) is 63.6 Å². The summed E-state index contributed by atoms with van der Waals surface area (Å²) in [5.74, 6) is 0.319. The van der Waals surface area contributed by atoms with E-state index < -0.39 is 0 Å². The lowest BCUT2D eigenvalue weighted by molar-refractivity contribution is -0.115. The van der Waals surface area contributed by atoms with Gasteiger partial charge in [0.25, 0.3) is 5.91 Å². The van der Waals surface area contributed by atoms with E-state index in [1.54, 1.807) is 35.9 Å². The first-order valence-corrected chi connectivity index (χ1v) is 12.4. The van der Waals surface area contributed by atoms with Crippen LogP contribution in [-0.2, 0) is 11.2 Å². The molecule has 0 radical (unpaired) electrons. The molecular formula is C29H30ClN3O3. The van der Waals surface area contributed by atoms with Gasteiger partial charge in [-0.15, -0.1) is 0 Å². The summed E-state index contributed by atoms with van der Waals surface area (Å²) in [5, 5.41) is 4.36. The maximum absolute atomic E-state index is 13.5. The van der Waals surface area contributed by atoms with Gasteiger partial charge in [0.2, 0.25) is 5.91 Å². The lowest BCUT2D eigenvalue weighted by atomic mass is 10.1. The van der Waals surface area contributed by atoms with Crippen LogP contribution in [0.1, 0.15) is 35.5 Å². The molecular weight excluding hydrogens is 474 g/mol. The first-order valence-electron chi connectivity index (χ1n) is 12.0. The summed E-state index contributed by atoms with van der Waals surface area (Å²) in [4.78, 5) is 28.8. The second-order valence-electron chi connectivity index (χ2n) is 8.54. The Labute approximate surface area is 216 Å². The normalized spacial score (nSPS) is 10.9. The molecule has 6 nitrogen and oxygen atoms in total. The fourth-order valence-electron chi connectivity index (χ4n) is 4.51. The third-order valence-electron chi connectivity index (χ3n) is 6.45. The number of benzene rings is 3. The largest absolute Gasteiger partial charge is 0.497 e. The van der Waals surface area contributed by atoms with E-state index in [1.165, 1.54) is 0 Å². The molecule has 0 saturated heterocycles. The van der Waals surface area contributed by atoms with Gasteiger partial charge in [0.05, 0.1) is 19.0 Å². The highest BCUT2D eigenvalue weighted by molar-refractivity contribution is 6.30. The van der Waals surface area contributed by atoms with Crippen LogP contribution in [0, 0.1) is 6.92 Å². The summed E-state index contributed by atoms with van der Waals surface area (Å²) in [5.41, 5.74) is 4.57. The maximum Gasteiger partial charge on any atom is 0.262 e. The molecule has 0 saturated carbocycles. The Morgan fingerprint density at radius 3 is 2.25 bits per heavy atom. The molecule has 4 aromatic rings. The van der Waals surface area contributed by atoms with Gasteiger partial charge in [-0.3, -0.25) is 14.2 Å². The van der Waals surface area contributed by atoms with Crippen molar-refractivity contribution in [2.24, 2.45) is 0 Å². The molecule has 36 heavy (non-hydrogen) atoms. The number of hydrogen-bond donors (Lipinski definition) is 1. The lowest BCUT2D eigenvalue weighted by Gasteiger charge is -2.21. The monoisotopic (exact) mass is 503 g/mol. The van der Waals surface area contributed by atoms with Crippen molar-refractivity contribution < 1.29 is 14.3 Å². The molecule has 0 atom stereocenters. The van der Waals surface area contributed by atoms with Crippen LogP contribution in [0.5, 0.6) is 5.75 Å². The molecule has 1 heterocycles. The van der Waals surface area contributed by atoms with E-state index in [0.717, 1.165) is 40.9 Å². The van der Waals surface area contributed by atoms with Crippen LogP contribution in [0.4, 0.5) is 11.4 Å². The van der Waals surface area contributed by atoms with Gasteiger partial charge in [0.15, 0.2) is 0 Å². The third kappa shape index (κ3) is 5.09. The summed E-state index contributed by atoms with van der Waals surface area (Å²) in [6, 6.07) is 20.2. The second kappa shape index (κ2) is 10.9. The summed E-state index contributed by atoms with van der Waals surface area (Å²) in [6.07, 6.45) is 0.119. The van der Waals surface area contributed by atoms with Crippen molar-refractivity contribution in [2.45, 2.75) is 27.2 Å². The van der Waals surface area contributed by atoms with Crippen LogP contribution in [0.25, 0.3) is 10.9 Å². The summed E-state index contributed by atoms with van der Waals surface area (Å²) in [6.45, 7) is 7.94. The fourth-order valence-corrected chi connectivity index (χ4v) is 4.63. The van der Waals surface area contributed by atoms with Gasteiger partial charge in [-0.05, 0) is 93.1 Å². The maximum atomic E-state index is 13.5. The lowest BCUT2D eigenvalue weighted by Crippen LogP contribution is -2.21. The number of carbonyl (C=O) groups excluding carboxylic acids is 2. The van der Waals surface area contributed by atoms with Gasteiger partial charge in [-0.2, -0.15) is 0 Å². The molecule has 0 aliphatic rings. The Hall–Kier alpha value is -3.77.